The van der Waals surface area contributed by atoms with Crippen molar-refractivity contribution >= 4 is 34.7 Å². The van der Waals surface area contributed by atoms with Gasteiger partial charge in [0.1, 0.15) is 17.3 Å². The van der Waals surface area contributed by atoms with Crippen LogP contribution in [0.25, 0.3) is 0 Å². The molecule has 1 fully saturated rings. The van der Waals surface area contributed by atoms with Crippen molar-refractivity contribution in [2.75, 3.05) is 11.4 Å². The van der Waals surface area contributed by atoms with Gasteiger partial charge in [-0.3, -0.25) is 19.3 Å². The lowest BCUT2D eigenvalue weighted by Crippen LogP contribution is -2.49. The molecular weight excluding hydrogens is 457 g/mol. The molecule has 0 radical (unpaired) electrons. The summed E-state index contributed by atoms with van der Waals surface area (Å²) in [6.07, 6.45) is 3.81. The number of halogens is 1. The average molecular weight is 484 g/mol. The number of rotatable bonds is 8. The van der Waals surface area contributed by atoms with Gasteiger partial charge in [0, 0.05) is 11.7 Å². The normalized spacial score (nSPS) is 14.5. The van der Waals surface area contributed by atoms with Crippen LogP contribution in [0.1, 0.15) is 52.9 Å². The van der Waals surface area contributed by atoms with Gasteiger partial charge in [0.05, 0.1) is 11.4 Å². The number of aryl methyl sites for hydroxylation is 1. The van der Waals surface area contributed by atoms with Gasteiger partial charge in [-0.2, -0.15) is 0 Å². The molecule has 1 aliphatic rings. The van der Waals surface area contributed by atoms with E-state index in [1.54, 1.807) is 36.6 Å². The minimum atomic E-state index is -1.12. The Labute approximate surface area is 200 Å². The van der Waals surface area contributed by atoms with Crippen molar-refractivity contribution < 1.29 is 23.2 Å². The summed E-state index contributed by atoms with van der Waals surface area (Å²) in [5.74, 6) is -0.895. The van der Waals surface area contributed by atoms with Crippen LogP contribution in [0.4, 0.5) is 10.1 Å². The number of benzene rings is 1. The molecule has 34 heavy (non-hydrogen) atoms. The van der Waals surface area contributed by atoms with Gasteiger partial charge in [0.2, 0.25) is 5.91 Å². The topological polar surface area (TPSA) is 91.7 Å². The first-order valence-electron chi connectivity index (χ1n) is 11.2. The van der Waals surface area contributed by atoms with E-state index in [1.165, 1.54) is 40.5 Å². The summed E-state index contributed by atoms with van der Waals surface area (Å²) in [5.41, 5.74) is 0.317. The number of furan rings is 1. The first-order valence-corrected chi connectivity index (χ1v) is 12.1. The lowest BCUT2D eigenvalue weighted by Gasteiger charge is -2.31. The van der Waals surface area contributed by atoms with Crippen LogP contribution in [-0.4, -0.2) is 30.3 Å². The summed E-state index contributed by atoms with van der Waals surface area (Å²) in [7, 11) is 0. The number of thiophene rings is 1. The van der Waals surface area contributed by atoms with Gasteiger partial charge in [-0.15, -0.1) is 11.3 Å². The van der Waals surface area contributed by atoms with E-state index in [0.717, 1.165) is 25.7 Å². The van der Waals surface area contributed by atoms with E-state index in [-0.39, 0.29) is 30.2 Å². The Hall–Kier alpha value is -3.46. The number of hydrogen-bond donors (Lipinski definition) is 2. The molecule has 0 aliphatic heterocycles. The fraction of sp³-hybridized carbons (Fsp3) is 0.320. The van der Waals surface area contributed by atoms with Crippen LogP contribution in [-0.2, 0) is 9.59 Å². The zero-order valence-corrected chi connectivity index (χ0v) is 19.6. The van der Waals surface area contributed by atoms with Crippen LogP contribution < -0.4 is 15.5 Å². The van der Waals surface area contributed by atoms with Gasteiger partial charge in [-0.05, 0) is 67.6 Å². The zero-order chi connectivity index (χ0) is 24.1. The number of nitrogens with zero attached hydrogens (tertiary/aromatic N) is 1. The number of hydrogen-bond acceptors (Lipinski definition) is 5. The first kappa shape index (κ1) is 23.7. The fourth-order valence-corrected chi connectivity index (χ4v) is 4.74. The second kappa shape index (κ2) is 10.6. The summed E-state index contributed by atoms with van der Waals surface area (Å²) < 4.78 is 19.4. The van der Waals surface area contributed by atoms with Crippen molar-refractivity contribution in [1.82, 2.24) is 10.6 Å². The maximum Gasteiger partial charge on any atom is 0.261 e. The molecule has 0 saturated heterocycles. The predicted octanol–water partition coefficient (Wildman–Crippen LogP) is 4.35. The van der Waals surface area contributed by atoms with E-state index < -0.39 is 17.8 Å². The molecule has 7 nitrogen and oxygen atoms in total. The Kier molecular flexibility index (Phi) is 7.42. The summed E-state index contributed by atoms with van der Waals surface area (Å²) in [6, 6.07) is 11.0. The van der Waals surface area contributed by atoms with Crippen molar-refractivity contribution in [3.8, 4) is 0 Å². The molecule has 9 heteroatoms. The Morgan fingerprint density at radius 3 is 2.47 bits per heavy atom. The van der Waals surface area contributed by atoms with Crippen LogP contribution >= 0.6 is 11.3 Å². The molecule has 3 amide bonds. The second-order valence-electron chi connectivity index (χ2n) is 8.24. The van der Waals surface area contributed by atoms with Crippen molar-refractivity contribution in [2.45, 2.75) is 44.7 Å². The number of carbonyl (C=O) groups excluding carboxylic acids is 3. The van der Waals surface area contributed by atoms with Gasteiger partial charge in [-0.1, -0.05) is 18.9 Å². The number of amides is 3. The molecule has 2 aromatic heterocycles. The van der Waals surface area contributed by atoms with Gasteiger partial charge < -0.3 is 15.1 Å². The Bertz CT molecular complexity index is 1140. The van der Waals surface area contributed by atoms with Crippen molar-refractivity contribution in [3.63, 3.8) is 0 Å². The Morgan fingerprint density at radius 1 is 1.12 bits per heavy atom. The van der Waals surface area contributed by atoms with Crippen LogP contribution in [0.15, 0.2) is 58.3 Å². The monoisotopic (exact) mass is 483 g/mol. The first-order chi connectivity index (χ1) is 16.4. The molecule has 2 N–H and O–H groups in total. The number of nitrogens with one attached hydrogen (secondary N) is 2. The van der Waals surface area contributed by atoms with Crippen LogP contribution in [0.2, 0.25) is 0 Å². The van der Waals surface area contributed by atoms with Gasteiger partial charge in [0.15, 0.2) is 6.04 Å². The summed E-state index contributed by atoms with van der Waals surface area (Å²) >= 11 is 1.26. The van der Waals surface area contributed by atoms with Gasteiger partial charge in [0.25, 0.3) is 11.8 Å². The lowest BCUT2D eigenvalue weighted by atomic mass is 10.1. The zero-order valence-electron chi connectivity index (χ0n) is 18.8. The average Bonchev–Trinajstić information content (AvgIpc) is 3.60. The fourth-order valence-electron chi connectivity index (χ4n) is 4.10. The molecule has 1 aromatic carbocycles. The summed E-state index contributed by atoms with van der Waals surface area (Å²) in [4.78, 5) is 41.1. The molecule has 4 rings (SSSR count). The molecule has 1 saturated carbocycles. The maximum absolute atomic E-state index is 13.7. The highest BCUT2D eigenvalue weighted by Crippen LogP contribution is 2.30. The molecule has 1 aliphatic carbocycles. The molecule has 178 valence electrons. The predicted molar refractivity (Wildman–Crippen MR) is 127 cm³/mol. The minimum Gasteiger partial charge on any atom is -0.464 e. The third kappa shape index (κ3) is 5.53. The number of carbonyl (C=O) groups is 3. The summed E-state index contributed by atoms with van der Waals surface area (Å²) in [6.45, 7) is 1.40. The maximum atomic E-state index is 13.7. The molecule has 0 bridgehead atoms. The van der Waals surface area contributed by atoms with Crippen LogP contribution in [0.3, 0.4) is 0 Å². The SMILES string of the molecule is Cc1ccc([C@@H](C(=O)NC2CCCC2)N(C(=O)CNC(=O)c2cccs2)c2ccc(F)cc2)o1. The van der Waals surface area contributed by atoms with E-state index in [1.807, 2.05) is 0 Å². The van der Waals surface area contributed by atoms with Crippen molar-refractivity contribution in [2.24, 2.45) is 0 Å². The highest BCUT2D eigenvalue weighted by atomic mass is 32.1. The third-order valence-electron chi connectivity index (χ3n) is 5.76. The van der Waals surface area contributed by atoms with E-state index in [9.17, 15) is 18.8 Å². The smallest absolute Gasteiger partial charge is 0.261 e. The quantitative estimate of drug-likeness (QED) is 0.498. The minimum absolute atomic E-state index is 0.0229. The van der Waals surface area contributed by atoms with E-state index in [4.69, 9.17) is 4.42 Å². The highest BCUT2D eigenvalue weighted by Gasteiger charge is 2.36. The molecule has 0 unspecified atom stereocenters. The van der Waals surface area contributed by atoms with Gasteiger partial charge in [-0.25, -0.2) is 4.39 Å². The molecule has 3 aromatic rings. The molecule has 2 heterocycles. The standard InChI is InChI=1S/C25H26FN3O4S/c1-16-8-13-20(33-16)23(25(32)28-18-5-2-3-6-18)29(19-11-9-17(26)10-12-19)22(30)15-27-24(31)21-7-4-14-34-21/h4,7-14,18,23H,2-3,5-6,15H2,1H3,(H,27,31)(H,28,32)/t23-/m0/s1. The highest BCUT2D eigenvalue weighted by molar-refractivity contribution is 7.12. The molecule has 1 atom stereocenters. The molecule has 0 spiro atoms. The van der Waals surface area contributed by atoms with Crippen molar-refractivity contribution in [1.29, 1.82) is 0 Å². The third-order valence-corrected chi connectivity index (χ3v) is 6.63. The van der Waals surface area contributed by atoms with E-state index in [0.29, 0.717) is 16.3 Å². The van der Waals surface area contributed by atoms with Crippen LogP contribution in [0, 0.1) is 12.7 Å². The van der Waals surface area contributed by atoms with Crippen LogP contribution in [0.5, 0.6) is 0 Å². The summed E-state index contributed by atoms with van der Waals surface area (Å²) in [5, 5.41) is 7.42. The second-order valence-corrected chi connectivity index (χ2v) is 9.19. The Balaban J connectivity index is 1.65. The lowest BCUT2D eigenvalue weighted by molar-refractivity contribution is -0.127. The van der Waals surface area contributed by atoms with E-state index in [2.05, 4.69) is 10.6 Å². The molecular formula is C25H26FN3O4S. The Morgan fingerprint density at radius 2 is 1.85 bits per heavy atom. The number of anilines is 1. The van der Waals surface area contributed by atoms with Gasteiger partial charge >= 0.3 is 0 Å². The largest absolute Gasteiger partial charge is 0.464 e. The van der Waals surface area contributed by atoms with Crippen molar-refractivity contribution in [3.05, 3.63) is 76.1 Å². The van der Waals surface area contributed by atoms with E-state index >= 15 is 0 Å².